The molecule has 3 nitrogen and oxygen atoms in total. The molecule has 0 bridgehead atoms. The highest BCUT2D eigenvalue weighted by Crippen LogP contribution is 2.25. The highest BCUT2D eigenvalue weighted by molar-refractivity contribution is 5.92. The van der Waals surface area contributed by atoms with Crippen molar-refractivity contribution in [1.29, 1.82) is 0 Å². The van der Waals surface area contributed by atoms with Crippen LogP contribution in [0, 0.1) is 0 Å². The van der Waals surface area contributed by atoms with E-state index in [1.54, 1.807) is 7.11 Å². The fraction of sp³-hybridized carbons (Fsp3) is 0.118. The number of pyridine rings is 1. The molecule has 1 heterocycles. The van der Waals surface area contributed by atoms with Gasteiger partial charge in [0, 0.05) is 18.1 Å². The Kier molecular flexibility index (Phi) is 3.50. The van der Waals surface area contributed by atoms with E-state index in [0.717, 1.165) is 28.9 Å². The molecule has 0 aliphatic carbocycles. The molecule has 1 N–H and O–H groups in total. The topological polar surface area (TPSA) is 34.1 Å². The first-order valence-corrected chi connectivity index (χ1v) is 6.57. The number of fused-ring (bicyclic) bond motifs is 1. The predicted molar refractivity (Wildman–Crippen MR) is 82.1 cm³/mol. The fourth-order valence-corrected chi connectivity index (χ4v) is 2.21. The molecule has 0 aliphatic rings. The van der Waals surface area contributed by atoms with Crippen molar-refractivity contribution in [2.45, 2.75) is 6.54 Å². The normalized spacial score (nSPS) is 10.4. The van der Waals surface area contributed by atoms with Crippen molar-refractivity contribution < 1.29 is 4.74 Å². The zero-order valence-electron chi connectivity index (χ0n) is 11.3. The quantitative estimate of drug-likeness (QED) is 0.777. The zero-order chi connectivity index (χ0) is 13.8. The first-order valence-electron chi connectivity index (χ1n) is 6.57. The van der Waals surface area contributed by atoms with Gasteiger partial charge in [-0.2, -0.15) is 0 Å². The molecule has 100 valence electrons. The summed E-state index contributed by atoms with van der Waals surface area (Å²) in [5, 5.41) is 5.61. The highest BCUT2D eigenvalue weighted by Gasteiger charge is 2.03. The lowest BCUT2D eigenvalue weighted by atomic mass is 10.1. The number of aromatic nitrogens is 1. The first-order chi connectivity index (χ1) is 9.86. The molecule has 1 aromatic heterocycles. The first kappa shape index (κ1) is 12.5. The van der Waals surface area contributed by atoms with Gasteiger partial charge in [-0.1, -0.05) is 30.3 Å². The van der Waals surface area contributed by atoms with E-state index >= 15 is 0 Å². The predicted octanol–water partition coefficient (Wildman–Crippen LogP) is 3.86. The minimum atomic E-state index is 0.763. The van der Waals surface area contributed by atoms with Crippen LogP contribution < -0.4 is 10.1 Å². The van der Waals surface area contributed by atoms with Crippen molar-refractivity contribution in [2.75, 3.05) is 12.4 Å². The minimum absolute atomic E-state index is 0.763. The number of ether oxygens (including phenoxy) is 1. The third kappa shape index (κ3) is 2.57. The summed E-state index contributed by atoms with van der Waals surface area (Å²) in [5.41, 5.74) is 1.24. The van der Waals surface area contributed by atoms with Gasteiger partial charge in [0.1, 0.15) is 11.6 Å². The summed E-state index contributed by atoms with van der Waals surface area (Å²) in [6.07, 6.45) is 1.81. The SMILES string of the molecule is COc1ccc2c(NCc3ccccc3)nccc2c1. The van der Waals surface area contributed by atoms with Crippen LogP contribution in [-0.2, 0) is 6.54 Å². The number of nitrogens with zero attached hydrogens (tertiary/aromatic N) is 1. The van der Waals surface area contributed by atoms with Gasteiger partial charge in [0.15, 0.2) is 0 Å². The van der Waals surface area contributed by atoms with Gasteiger partial charge in [-0.3, -0.25) is 0 Å². The molecule has 3 heteroatoms. The molecule has 0 saturated carbocycles. The van der Waals surface area contributed by atoms with E-state index in [-0.39, 0.29) is 0 Å². The Morgan fingerprint density at radius 3 is 2.70 bits per heavy atom. The van der Waals surface area contributed by atoms with Crippen LogP contribution in [0.3, 0.4) is 0 Å². The summed E-state index contributed by atoms with van der Waals surface area (Å²) in [4.78, 5) is 4.43. The number of anilines is 1. The molecule has 0 spiro atoms. The average molecular weight is 264 g/mol. The Morgan fingerprint density at radius 2 is 1.90 bits per heavy atom. The van der Waals surface area contributed by atoms with Crippen LogP contribution in [0.5, 0.6) is 5.75 Å². The smallest absolute Gasteiger partial charge is 0.134 e. The summed E-state index contributed by atoms with van der Waals surface area (Å²) < 4.78 is 5.25. The van der Waals surface area contributed by atoms with Crippen molar-refractivity contribution in [3.8, 4) is 5.75 Å². The lowest BCUT2D eigenvalue weighted by Crippen LogP contribution is -2.01. The Labute approximate surface area is 118 Å². The monoisotopic (exact) mass is 264 g/mol. The Hall–Kier alpha value is -2.55. The molecule has 20 heavy (non-hydrogen) atoms. The van der Waals surface area contributed by atoms with Gasteiger partial charge in [-0.15, -0.1) is 0 Å². The number of benzene rings is 2. The van der Waals surface area contributed by atoms with Crippen molar-refractivity contribution in [3.63, 3.8) is 0 Å². The van der Waals surface area contributed by atoms with E-state index in [0.29, 0.717) is 0 Å². The maximum atomic E-state index is 5.25. The van der Waals surface area contributed by atoms with Gasteiger partial charge in [0.2, 0.25) is 0 Å². The molecule has 0 aliphatic heterocycles. The molecule has 0 atom stereocenters. The fourth-order valence-electron chi connectivity index (χ4n) is 2.21. The van der Waals surface area contributed by atoms with Gasteiger partial charge < -0.3 is 10.1 Å². The molecular formula is C17H16N2O. The van der Waals surface area contributed by atoms with Crippen LogP contribution in [0.2, 0.25) is 0 Å². The molecule has 3 rings (SSSR count). The van der Waals surface area contributed by atoms with Gasteiger partial charge in [0.25, 0.3) is 0 Å². The van der Waals surface area contributed by atoms with Crippen LogP contribution in [0.15, 0.2) is 60.8 Å². The van der Waals surface area contributed by atoms with E-state index in [4.69, 9.17) is 4.74 Å². The number of hydrogen-bond acceptors (Lipinski definition) is 3. The summed E-state index contributed by atoms with van der Waals surface area (Å²) in [6.45, 7) is 0.763. The van der Waals surface area contributed by atoms with E-state index in [1.807, 2.05) is 48.7 Å². The summed E-state index contributed by atoms with van der Waals surface area (Å²) in [5.74, 6) is 1.76. The maximum Gasteiger partial charge on any atom is 0.134 e. The average Bonchev–Trinajstić information content (AvgIpc) is 2.53. The minimum Gasteiger partial charge on any atom is -0.497 e. The van der Waals surface area contributed by atoms with Crippen molar-refractivity contribution in [2.24, 2.45) is 0 Å². The van der Waals surface area contributed by atoms with Gasteiger partial charge in [0.05, 0.1) is 7.11 Å². The third-order valence-electron chi connectivity index (χ3n) is 3.27. The highest BCUT2D eigenvalue weighted by atomic mass is 16.5. The molecule has 3 aromatic rings. The summed E-state index contributed by atoms with van der Waals surface area (Å²) in [7, 11) is 1.68. The molecule has 0 unspecified atom stereocenters. The van der Waals surface area contributed by atoms with E-state index < -0.39 is 0 Å². The molecule has 2 aromatic carbocycles. The second-order valence-electron chi connectivity index (χ2n) is 4.59. The lowest BCUT2D eigenvalue weighted by Gasteiger charge is -2.09. The van der Waals surface area contributed by atoms with Gasteiger partial charge >= 0.3 is 0 Å². The number of rotatable bonds is 4. The molecule has 0 saturated heterocycles. The molecule has 0 amide bonds. The summed E-state index contributed by atoms with van der Waals surface area (Å²) in [6, 6.07) is 18.3. The van der Waals surface area contributed by atoms with Crippen LogP contribution in [0.25, 0.3) is 10.8 Å². The van der Waals surface area contributed by atoms with E-state index in [9.17, 15) is 0 Å². The number of hydrogen-bond donors (Lipinski definition) is 1. The summed E-state index contributed by atoms with van der Waals surface area (Å²) >= 11 is 0. The largest absolute Gasteiger partial charge is 0.497 e. The zero-order valence-corrected chi connectivity index (χ0v) is 11.3. The van der Waals surface area contributed by atoms with Gasteiger partial charge in [-0.05, 0) is 35.2 Å². The maximum absolute atomic E-state index is 5.25. The molecule has 0 fully saturated rings. The van der Waals surface area contributed by atoms with E-state index in [1.165, 1.54) is 5.56 Å². The third-order valence-corrected chi connectivity index (χ3v) is 3.27. The van der Waals surface area contributed by atoms with E-state index in [2.05, 4.69) is 22.4 Å². The Bertz CT molecular complexity index is 711. The van der Waals surface area contributed by atoms with Crippen molar-refractivity contribution >= 4 is 16.6 Å². The van der Waals surface area contributed by atoms with Crippen molar-refractivity contribution in [3.05, 3.63) is 66.4 Å². The molecular weight excluding hydrogens is 248 g/mol. The van der Waals surface area contributed by atoms with Crippen LogP contribution in [0.1, 0.15) is 5.56 Å². The lowest BCUT2D eigenvalue weighted by molar-refractivity contribution is 0.415. The number of nitrogens with one attached hydrogen (secondary N) is 1. The van der Waals surface area contributed by atoms with Gasteiger partial charge in [-0.25, -0.2) is 4.98 Å². The number of methoxy groups -OCH3 is 1. The molecule has 0 radical (unpaired) electrons. The van der Waals surface area contributed by atoms with Crippen molar-refractivity contribution in [1.82, 2.24) is 4.98 Å². The van der Waals surface area contributed by atoms with Crippen LogP contribution >= 0.6 is 0 Å². The Balaban J connectivity index is 1.88. The van der Waals surface area contributed by atoms with Crippen LogP contribution in [0.4, 0.5) is 5.82 Å². The second kappa shape index (κ2) is 5.61. The standard InChI is InChI=1S/C17H16N2O/c1-20-15-7-8-16-14(11-15)9-10-18-17(16)19-12-13-5-3-2-4-6-13/h2-11H,12H2,1H3,(H,18,19). The Morgan fingerprint density at radius 1 is 1.05 bits per heavy atom. The van der Waals surface area contributed by atoms with Crippen LogP contribution in [-0.4, -0.2) is 12.1 Å². The second-order valence-corrected chi connectivity index (χ2v) is 4.59.